The van der Waals surface area contributed by atoms with Crippen LogP contribution in [0.1, 0.15) is 25.5 Å². The second-order valence-electron chi connectivity index (χ2n) is 5.58. The molecule has 108 valence electrons. The van der Waals surface area contributed by atoms with Gasteiger partial charge in [0.1, 0.15) is 5.82 Å². The largest absolute Gasteiger partial charge is 0.398 e. The molecule has 0 radical (unpaired) electrons. The van der Waals surface area contributed by atoms with Crippen molar-refractivity contribution in [2.24, 2.45) is 0 Å². The van der Waals surface area contributed by atoms with Crippen molar-refractivity contribution in [1.82, 2.24) is 9.55 Å². The standard InChI is InChI=1S/C17H18ClN3/c1-10(2)21-16-13(18)5-4-6-15(16)20-17(21)12-8-7-11(3)14(19)9-12/h4-10H,19H2,1-3H3. The van der Waals surface area contributed by atoms with Crippen LogP contribution in [0.15, 0.2) is 36.4 Å². The van der Waals surface area contributed by atoms with Crippen molar-refractivity contribution < 1.29 is 0 Å². The Morgan fingerprint density at radius 3 is 2.62 bits per heavy atom. The maximum atomic E-state index is 6.38. The van der Waals surface area contributed by atoms with Crippen molar-refractivity contribution in [3.8, 4) is 11.4 Å². The monoisotopic (exact) mass is 299 g/mol. The van der Waals surface area contributed by atoms with Gasteiger partial charge >= 0.3 is 0 Å². The minimum atomic E-state index is 0.257. The number of para-hydroxylation sites is 1. The number of imidazole rings is 1. The number of nitrogens with zero attached hydrogens (tertiary/aromatic N) is 2. The number of nitrogens with two attached hydrogens (primary N) is 1. The van der Waals surface area contributed by atoms with Gasteiger partial charge in [0, 0.05) is 17.3 Å². The smallest absolute Gasteiger partial charge is 0.141 e. The van der Waals surface area contributed by atoms with E-state index >= 15 is 0 Å². The first-order valence-corrected chi connectivity index (χ1v) is 7.39. The molecule has 0 saturated heterocycles. The van der Waals surface area contributed by atoms with Crippen molar-refractivity contribution in [2.45, 2.75) is 26.8 Å². The summed E-state index contributed by atoms with van der Waals surface area (Å²) in [6.45, 7) is 6.26. The summed E-state index contributed by atoms with van der Waals surface area (Å²) in [5.41, 5.74) is 10.8. The molecule has 3 rings (SSSR count). The van der Waals surface area contributed by atoms with Gasteiger partial charge in [-0.3, -0.25) is 0 Å². The number of hydrogen-bond donors (Lipinski definition) is 1. The van der Waals surface area contributed by atoms with E-state index in [1.54, 1.807) is 0 Å². The Hall–Kier alpha value is -2.00. The summed E-state index contributed by atoms with van der Waals surface area (Å²) < 4.78 is 2.17. The Labute approximate surface area is 129 Å². The highest BCUT2D eigenvalue weighted by atomic mass is 35.5. The fourth-order valence-electron chi connectivity index (χ4n) is 2.59. The fraction of sp³-hybridized carbons (Fsp3) is 0.235. The summed E-state index contributed by atoms with van der Waals surface area (Å²) in [6.07, 6.45) is 0. The van der Waals surface area contributed by atoms with Gasteiger partial charge in [0.15, 0.2) is 0 Å². The summed E-state index contributed by atoms with van der Waals surface area (Å²) in [5.74, 6) is 0.903. The van der Waals surface area contributed by atoms with Gasteiger partial charge in [0.25, 0.3) is 0 Å². The van der Waals surface area contributed by atoms with Gasteiger partial charge in [-0.05, 0) is 44.5 Å². The predicted octanol–water partition coefficient (Wildman–Crippen LogP) is 4.83. The van der Waals surface area contributed by atoms with Gasteiger partial charge < -0.3 is 10.3 Å². The van der Waals surface area contributed by atoms with Crippen molar-refractivity contribution in [3.05, 3.63) is 47.0 Å². The third-order valence-corrected chi connectivity index (χ3v) is 4.02. The molecule has 0 atom stereocenters. The van der Waals surface area contributed by atoms with Crippen LogP contribution < -0.4 is 5.73 Å². The Morgan fingerprint density at radius 1 is 1.19 bits per heavy atom. The highest BCUT2D eigenvalue weighted by molar-refractivity contribution is 6.35. The molecule has 3 nitrogen and oxygen atoms in total. The number of rotatable bonds is 2. The van der Waals surface area contributed by atoms with Gasteiger partial charge in [-0.2, -0.15) is 0 Å². The Kier molecular flexibility index (Phi) is 3.38. The van der Waals surface area contributed by atoms with Gasteiger partial charge in [-0.15, -0.1) is 0 Å². The molecule has 1 heterocycles. The number of fused-ring (bicyclic) bond motifs is 1. The Morgan fingerprint density at radius 2 is 1.95 bits per heavy atom. The fourth-order valence-corrected chi connectivity index (χ4v) is 2.85. The normalized spacial score (nSPS) is 11.5. The molecule has 0 amide bonds. The third-order valence-electron chi connectivity index (χ3n) is 3.71. The number of anilines is 1. The van der Waals surface area contributed by atoms with E-state index in [1.165, 1.54) is 0 Å². The summed E-state index contributed by atoms with van der Waals surface area (Å²) in [7, 11) is 0. The van der Waals surface area contributed by atoms with Crippen molar-refractivity contribution in [3.63, 3.8) is 0 Å². The van der Waals surface area contributed by atoms with Gasteiger partial charge in [-0.25, -0.2) is 4.98 Å². The first-order chi connectivity index (χ1) is 9.99. The summed E-state index contributed by atoms with van der Waals surface area (Å²) in [5, 5.41) is 0.722. The maximum absolute atomic E-state index is 6.38. The Balaban J connectivity index is 2.34. The van der Waals surface area contributed by atoms with Crippen molar-refractivity contribution in [2.75, 3.05) is 5.73 Å². The first kappa shape index (κ1) is 14.0. The summed E-state index contributed by atoms with van der Waals surface area (Å²) in [4.78, 5) is 4.76. The summed E-state index contributed by atoms with van der Waals surface area (Å²) in [6, 6.07) is 12.1. The van der Waals surface area contributed by atoms with Crippen LogP contribution >= 0.6 is 11.6 Å². The van der Waals surface area contributed by atoms with Crippen LogP contribution in [0.25, 0.3) is 22.4 Å². The second kappa shape index (κ2) is 5.08. The van der Waals surface area contributed by atoms with E-state index in [1.807, 2.05) is 37.3 Å². The van der Waals surface area contributed by atoms with E-state index in [2.05, 4.69) is 24.5 Å². The molecule has 0 spiro atoms. The quantitative estimate of drug-likeness (QED) is 0.689. The van der Waals surface area contributed by atoms with E-state index in [4.69, 9.17) is 22.3 Å². The molecule has 0 saturated carbocycles. The van der Waals surface area contributed by atoms with Gasteiger partial charge in [0.2, 0.25) is 0 Å². The first-order valence-electron chi connectivity index (χ1n) is 7.02. The zero-order chi connectivity index (χ0) is 15.1. The zero-order valence-corrected chi connectivity index (χ0v) is 13.1. The number of hydrogen-bond acceptors (Lipinski definition) is 2. The number of aryl methyl sites for hydroxylation is 1. The molecule has 0 fully saturated rings. The lowest BCUT2D eigenvalue weighted by molar-refractivity contribution is 0.624. The molecule has 1 aromatic heterocycles. The topological polar surface area (TPSA) is 43.8 Å². The lowest BCUT2D eigenvalue weighted by atomic mass is 10.1. The van der Waals surface area contributed by atoms with Crippen LogP contribution in [0.5, 0.6) is 0 Å². The lowest BCUT2D eigenvalue weighted by Gasteiger charge is -2.14. The second-order valence-corrected chi connectivity index (χ2v) is 5.99. The molecule has 0 aliphatic carbocycles. The average molecular weight is 300 g/mol. The van der Waals surface area contributed by atoms with Crippen LogP contribution in [0.3, 0.4) is 0 Å². The van der Waals surface area contributed by atoms with Gasteiger partial charge in [-0.1, -0.05) is 29.8 Å². The van der Waals surface area contributed by atoms with Crippen LogP contribution in [-0.4, -0.2) is 9.55 Å². The van der Waals surface area contributed by atoms with E-state index in [9.17, 15) is 0 Å². The SMILES string of the molecule is Cc1ccc(-c2nc3cccc(Cl)c3n2C(C)C)cc1N. The van der Waals surface area contributed by atoms with E-state index < -0.39 is 0 Å². The number of nitrogen functional groups attached to an aromatic ring is 1. The minimum absolute atomic E-state index is 0.257. The molecule has 21 heavy (non-hydrogen) atoms. The molecule has 3 aromatic rings. The van der Waals surface area contributed by atoms with Crippen molar-refractivity contribution >= 4 is 28.3 Å². The molecule has 2 N–H and O–H groups in total. The molecular weight excluding hydrogens is 282 g/mol. The van der Waals surface area contributed by atoms with Gasteiger partial charge in [0.05, 0.1) is 16.1 Å². The minimum Gasteiger partial charge on any atom is -0.398 e. The average Bonchev–Trinajstić information content (AvgIpc) is 2.83. The highest BCUT2D eigenvalue weighted by Gasteiger charge is 2.17. The molecule has 0 bridgehead atoms. The molecule has 0 aliphatic rings. The van der Waals surface area contributed by atoms with Crippen LogP contribution in [-0.2, 0) is 0 Å². The lowest BCUT2D eigenvalue weighted by Crippen LogP contribution is -2.04. The third kappa shape index (κ3) is 2.28. The molecule has 2 aromatic carbocycles. The maximum Gasteiger partial charge on any atom is 0.141 e. The van der Waals surface area contributed by atoms with E-state index in [0.717, 1.165) is 38.7 Å². The van der Waals surface area contributed by atoms with Crippen molar-refractivity contribution in [1.29, 1.82) is 0 Å². The molecule has 0 aliphatic heterocycles. The molecular formula is C17H18ClN3. The highest BCUT2D eigenvalue weighted by Crippen LogP contribution is 2.33. The summed E-state index contributed by atoms with van der Waals surface area (Å²) >= 11 is 6.38. The van der Waals surface area contributed by atoms with Crippen LogP contribution in [0.4, 0.5) is 5.69 Å². The number of aromatic nitrogens is 2. The van der Waals surface area contributed by atoms with E-state index in [-0.39, 0.29) is 6.04 Å². The number of benzene rings is 2. The van der Waals surface area contributed by atoms with Crippen LogP contribution in [0.2, 0.25) is 5.02 Å². The van der Waals surface area contributed by atoms with Crippen LogP contribution in [0, 0.1) is 6.92 Å². The molecule has 0 unspecified atom stereocenters. The number of halogens is 1. The predicted molar refractivity (Wildman–Crippen MR) is 89.7 cm³/mol. The zero-order valence-electron chi connectivity index (χ0n) is 12.4. The Bertz CT molecular complexity index is 818. The van der Waals surface area contributed by atoms with E-state index in [0.29, 0.717) is 0 Å². The molecule has 4 heteroatoms.